The minimum absolute atomic E-state index is 0.128. The smallest absolute Gasteiger partial charge is 0.248 e. The molecule has 2 amide bonds. The lowest BCUT2D eigenvalue weighted by Crippen LogP contribution is -2.45. The van der Waals surface area contributed by atoms with E-state index in [4.69, 9.17) is 27.9 Å². The van der Waals surface area contributed by atoms with Crippen LogP contribution in [0.5, 0.6) is 5.75 Å². The molecule has 0 spiro atoms. The SMILES string of the molecule is COc1ccc(NC(=O)C2CSCN2C(=O)Cc2ccc(Cl)cc2Cl)cc1. The number of halogens is 2. The zero-order valence-corrected chi connectivity index (χ0v) is 16.9. The van der Waals surface area contributed by atoms with E-state index in [-0.39, 0.29) is 18.2 Å². The summed E-state index contributed by atoms with van der Waals surface area (Å²) in [6.07, 6.45) is 0.128. The Labute approximate surface area is 172 Å². The fourth-order valence-electron chi connectivity index (χ4n) is 2.74. The number of carbonyl (C=O) groups excluding carboxylic acids is 2. The van der Waals surface area contributed by atoms with Crippen LogP contribution in [0.15, 0.2) is 42.5 Å². The zero-order chi connectivity index (χ0) is 19.4. The van der Waals surface area contributed by atoms with Gasteiger partial charge in [0.1, 0.15) is 11.8 Å². The number of thioether (sulfide) groups is 1. The van der Waals surface area contributed by atoms with Crippen LogP contribution in [0.25, 0.3) is 0 Å². The molecule has 0 aliphatic carbocycles. The first-order chi connectivity index (χ1) is 13.0. The first kappa shape index (κ1) is 19.9. The summed E-state index contributed by atoms with van der Waals surface area (Å²) in [7, 11) is 1.58. The number of benzene rings is 2. The van der Waals surface area contributed by atoms with Gasteiger partial charge < -0.3 is 15.0 Å². The molecule has 0 radical (unpaired) electrons. The predicted molar refractivity (Wildman–Crippen MR) is 110 cm³/mol. The van der Waals surface area contributed by atoms with Gasteiger partial charge >= 0.3 is 0 Å². The van der Waals surface area contributed by atoms with E-state index in [0.29, 0.717) is 38.7 Å². The van der Waals surface area contributed by atoms with Gasteiger partial charge in [-0.05, 0) is 42.0 Å². The summed E-state index contributed by atoms with van der Waals surface area (Å²) in [4.78, 5) is 27.0. The standard InChI is InChI=1S/C19H18Cl2N2O3S/c1-26-15-6-4-14(5-7-15)22-19(25)17-10-27-11-23(17)18(24)8-12-2-3-13(20)9-16(12)21/h2-7,9,17H,8,10-11H2,1H3,(H,22,25). The number of anilines is 1. The highest BCUT2D eigenvalue weighted by Gasteiger charge is 2.34. The van der Waals surface area contributed by atoms with E-state index < -0.39 is 6.04 Å². The second kappa shape index (κ2) is 8.87. The molecule has 0 aromatic heterocycles. The lowest BCUT2D eigenvalue weighted by atomic mass is 10.1. The Kier molecular flexibility index (Phi) is 6.52. The van der Waals surface area contributed by atoms with Gasteiger partial charge in [-0.25, -0.2) is 0 Å². The molecule has 1 aliphatic rings. The maximum Gasteiger partial charge on any atom is 0.248 e. The highest BCUT2D eigenvalue weighted by atomic mass is 35.5. The van der Waals surface area contributed by atoms with Crippen LogP contribution in [0.3, 0.4) is 0 Å². The second-order valence-corrected chi connectivity index (χ2v) is 7.85. The third-order valence-electron chi connectivity index (χ3n) is 4.22. The van der Waals surface area contributed by atoms with E-state index in [2.05, 4.69) is 5.32 Å². The van der Waals surface area contributed by atoms with Gasteiger partial charge in [-0.3, -0.25) is 9.59 Å². The third-order valence-corrected chi connectivity index (χ3v) is 5.82. The topological polar surface area (TPSA) is 58.6 Å². The Morgan fingerprint density at radius 1 is 1.22 bits per heavy atom. The van der Waals surface area contributed by atoms with Crippen molar-refractivity contribution in [3.63, 3.8) is 0 Å². The van der Waals surface area contributed by atoms with Crippen molar-refractivity contribution in [2.24, 2.45) is 0 Å². The number of hydrogen-bond donors (Lipinski definition) is 1. The molecule has 0 saturated carbocycles. The number of amides is 2. The van der Waals surface area contributed by atoms with Gasteiger partial charge in [0, 0.05) is 21.5 Å². The molecule has 1 N–H and O–H groups in total. The average molecular weight is 425 g/mol. The van der Waals surface area contributed by atoms with Crippen LogP contribution >= 0.6 is 35.0 Å². The van der Waals surface area contributed by atoms with Gasteiger partial charge in [-0.1, -0.05) is 29.3 Å². The van der Waals surface area contributed by atoms with E-state index in [0.717, 1.165) is 0 Å². The summed E-state index contributed by atoms with van der Waals surface area (Å²) >= 11 is 13.6. The molecular formula is C19H18Cl2N2O3S. The van der Waals surface area contributed by atoms with Crippen LogP contribution in [0.2, 0.25) is 10.0 Å². The Bertz CT molecular complexity index is 845. The van der Waals surface area contributed by atoms with Crippen LogP contribution in [0.4, 0.5) is 5.69 Å². The molecule has 5 nitrogen and oxygen atoms in total. The van der Waals surface area contributed by atoms with Gasteiger partial charge in [0.2, 0.25) is 11.8 Å². The molecule has 2 aromatic carbocycles. The molecule has 1 heterocycles. The molecule has 1 aliphatic heterocycles. The number of ether oxygens (including phenoxy) is 1. The maximum absolute atomic E-state index is 12.7. The molecule has 1 saturated heterocycles. The lowest BCUT2D eigenvalue weighted by molar-refractivity contribution is -0.135. The van der Waals surface area contributed by atoms with Gasteiger partial charge in [0.05, 0.1) is 19.4 Å². The molecule has 1 atom stereocenters. The van der Waals surface area contributed by atoms with Crippen molar-refractivity contribution < 1.29 is 14.3 Å². The van der Waals surface area contributed by atoms with Crippen molar-refractivity contribution in [2.45, 2.75) is 12.5 Å². The number of hydrogen-bond acceptors (Lipinski definition) is 4. The summed E-state index contributed by atoms with van der Waals surface area (Å²) in [6.45, 7) is 0. The number of methoxy groups -OCH3 is 1. The van der Waals surface area contributed by atoms with Crippen LogP contribution < -0.4 is 10.1 Å². The summed E-state index contributed by atoms with van der Waals surface area (Å²) in [5.41, 5.74) is 1.35. The van der Waals surface area contributed by atoms with Gasteiger partial charge in [-0.15, -0.1) is 11.8 Å². The van der Waals surface area contributed by atoms with E-state index >= 15 is 0 Å². The van der Waals surface area contributed by atoms with E-state index in [1.807, 2.05) is 0 Å². The quantitative estimate of drug-likeness (QED) is 0.784. The Morgan fingerprint density at radius 3 is 2.63 bits per heavy atom. The molecule has 1 unspecified atom stereocenters. The molecule has 27 heavy (non-hydrogen) atoms. The van der Waals surface area contributed by atoms with Gasteiger partial charge in [-0.2, -0.15) is 0 Å². The summed E-state index contributed by atoms with van der Waals surface area (Å²) in [6, 6.07) is 11.6. The molecule has 3 rings (SSSR count). The largest absolute Gasteiger partial charge is 0.497 e. The molecule has 8 heteroatoms. The minimum Gasteiger partial charge on any atom is -0.497 e. The third kappa shape index (κ3) is 4.89. The predicted octanol–water partition coefficient (Wildman–Crippen LogP) is 4.08. The molecule has 2 aromatic rings. The summed E-state index contributed by atoms with van der Waals surface area (Å²) in [5, 5.41) is 3.82. The first-order valence-electron chi connectivity index (χ1n) is 8.24. The van der Waals surface area contributed by atoms with Crippen molar-refractivity contribution in [3.05, 3.63) is 58.1 Å². The highest BCUT2D eigenvalue weighted by Crippen LogP contribution is 2.26. The Morgan fingerprint density at radius 2 is 1.96 bits per heavy atom. The van der Waals surface area contributed by atoms with Gasteiger partial charge in [0.15, 0.2) is 0 Å². The maximum atomic E-state index is 12.7. The van der Waals surface area contributed by atoms with Crippen molar-refractivity contribution in [1.29, 1.82) is 0 Å². The molecular weight excluding hydrogens is 407 g/mol. The number of rotatable bonds is 5. The second-order valence-electron chi connectivity index (χ2n) is 6.01. The fourth-order valence-corrected chi connectivity index (χ4v) is 4.39. The highest BCUT2D eigenvalue weighted by molar-refractivity contribution is 7.99. The van der Waals surface area contributed by atoms with Gasteiger partial charge in [0.25, 0.3) is 0 Å². The monoisotopic (exact) mass is 424 g/mol. The van der Waals surface area contributed by atoms with E-state index in [9.17, 15) is 9.59 Å². The molecule has 0 bridgehead atoms. The Hall–Kier alpha value is -1.89. The average Bonchev–Trinajstić information content (AvgIpc) is 3.15. The van der Waals surface area contributed by atoms with Crippen LogP contribution in [0, 0.1) is 0 Å². The van der Waals surface area contributed by atoms with E-state index in [1.165, 1.54) is 0 Å². The number of nitrogens with zero attached hydrogens (tertiary/aromatic N) is 1. The van der Waals surface area contributed by atoms with E-state index in [1.54, 1.807) is 66.2 Å². The van der Waals surface area contributed by atoms with Crippen LogP contribution in [-0.2, 0) is 16.0 Å². The van der Waals surface area contributed by atoms with Crippen LogP contribution in [0.1, 0.15) is 5.56 Å². The number of nitrogens with one attached hydrogen (secondary N) is 1. The lowest BCUT2D eigenvalue weighted by Gasteiger charge is -2.23. The normalized spacial score (nSPS) is 16.3. The van der Waals surface area contributed by atoms with Crippen molar-refractivity contribution in [3.8, 4) is 5.75 Å². The van der Waals surface area contributed by atoms with Crippen molar-refractivity contribution >= 4 is 52.5 Å². The summed E-state index contributed by atoms with van der Waals surface area (Å²) in [5.74, 6) is 1.40. The zero-order valence-electron chi connectivity index (χ0n) is 14.6. The van der Waals surface area contributed by atoms with Crippen molar-refractivity contribution in [1.82, 2.24) is 4.90 Å². The van der Waals surface area contributed by atoms with Crippen LogP contribution in [-0.4, -0.2) is 41.5 Å². The summed E-state index contributed by atoms with van der Waals surface area (Å²) < 4.78 is 5.11. The first-order valence-corrected chi connectivity index (χ1v) is 10.1. The fraction of sp³-hybridized carbons (Fsp3) is 0.263. The minimum atomic E-state index is -0.518. The molecule has 142 valence electrons. The van der Waals surface area contributed by atoms with Crippen molar-refractivity contribution in [2.75, 3.05) is 24.1 Å². The number of carbonyl (C=O) groups is 2. The molecule has 1 fully saturated rings. The Balaban J connectivity index is 1.66.